The van der Waals surface area contributed by atoms with Gasteiger partial charge >= 0.3 is 5.97 Å². The van der Waals surface area contributed by atoms with Gasteiger partial charge in [0.15, 0.2) is 0 Å². The average molecular weight is 299 g/mol. The predicted molar refractivity (Wildman–Crippen MR) is 85.6 cm³/mol. The Bertz CT molecular complexity index is 292. The summed E-state index contributed by atoms with van der Waals surface area (Å²) in [7, 11) is 0. The van der Waals surface area contributed by atoms with Crippen molar-refractivity contribution in [3.8, 4) is 0 Å². The van der Waals surface area contributed by atoms with Gasteiger partial charge < -0.3 is 9.84 Å². The molecule has 1 aliphatic carbocycles. The van der Waals surface area contributed by atoms with Gasteiger partial charge in [-0.3, -0.25) is 10.1 Å². The number of aliphatic carboxylic acids is 1. The van der Waals surface area contributed by atoms with Gasteiger partial charge in [0.1, 0.15) is 5.54 Å². The second-order valence-corrected chi connectivity index (χ2v) is 6.54. The van der Waals surface area contributed by atoms with Crippen molar-refractivity contribution in [1.82, 2.24) is 5.32 Å². The minimum Gasteiger partial charge on any atom is -0.480 e. The molecule has 0 radical (unpaired) electrons. The molecule has 1 saturated carbocycles. The first kappa shape index (κ1) is 18.4. The van der Waals surface area contributed by atoms with E-state index in [1.807, 2.05) is 0 Å². The average Bonchev–Trinajstić information content (AvgIpc) is 3.24. The Morgan fingerprint density at radius 3 is 2.38 bits per heavy atom. The number of nitrogens with one attached hydrogen (secondary N) is 1. The summed E-state index contributed by atoms with van der Waals surface area (Å²) >= 11 is 0. The fraction of sp³-hybridized carbons (Fsp3) is 0.941. The van der Waals surface area contributed by atoms with E-state index in [-0.39, 0.29) is 0 Å². The molecule has 1 aliphatic rings. The number of unbranched alkanes of at least 4 members (excludes halogenated alkanes) is 5. The molecule has 0 spiro atoms. The predicted octanol–water partition coefficient (Wildman–Crippen LogP) is 3.74. The van der Waals surface area contributed by atoms with Crippen LogP contribution in [0.4, 0.5) is 0 Å². The summed E-state index contributed by atoms with van der Waals surface area (Å²) in [5.74, 6) is -0.745. The van der Waals surface area contributed by atoms with Crippen molar-refractivity contribution in [3.05, 3.63) is 0 Å². The molecule has 4 heteroatoms. The Hall–Kier alpha value is -0.610. The summed E-state index contributed by atoms with van der Waals surface area (Å²) in [6.45, 7) is 5.50. The fourth-order valence-corrected chi connectivity index (χ4v) is 2.53. The standard InChI is InChI=1S/C17H33NO3/c1-3-4-5-6-7-8-13-21-14-9-12-17(2,16(19)20)18-15-10-11-15/h15,18H,3-14H2,1-2H3,(H,19,20). The van der Waals surface area contributed by atoms with Crippen molar-refractivity contribution >= 4 is 5.97 Å². The molecule has 1 rings (SSSR count). The molecule has 0 aromatic rings. The number of carboxylic acid groups (broad SMARTS) is 1. The van der Waals surface area contributed by atoms with Gasteiger partial charge in [0.2, 0.25) is 0 Å². The van der Waals surface area contributed by atoms with Crippen molar-refractivity contribution in [3.63, 3.8) is 0 Å². The summed E-state index contributed by atoms with van der Waals surface area (Å²) in [6.07, 6.45) is 11.3. The number of ether oxygens (including phenoxy) is 1. The lowest BCUT2D eigenvalue weighted by atomic mass is 9.96. The van der Waals surface area contributed by atoms with E-state index < -0.39 is 11.5 Å². The van der Waals surface area contributed by atoms with Crippen LogP contribution < -0.4 is 5.32 Å². The SMILES string of the molecule is CCCCCCCCOCCCC(C)(NC1CC1)C(=O)O. The van der Waals surface area contributed by atoms with Crippen LogP contribution in [-0.4, -0.2) is 35.9 Å². The van der Waals surface area contributed by atoms with Gasteiger partial charge in [-0.1, -0.05) is 39.0 Å². The van der Waals surface area contributed by atoms with Crippen LogP contribution in [-0.2, 0) is 9.53 Å². The van der Waals surface area contributed by atoms with Gasteiger partial charge in [0.25, 0.3) is 0 Å². The first-order valence-electron chi connectivity index (χ1n) is 8.67. The van der Waals surface area contributed by atoms with Crippen molar-refractivity contribution < 1.29 is 14.6 Å². The Morgan fingerprint density at radius 1 is 1.14 bits per heavy atom. The highest BCUT2D eigenvalue weighted by Crippen LogP contribution is 2.25. The Kier molecular flexibility index (Phi) is 8.93. The normalized spacial score (nSPS) is 17.6. The Labute approximate surface area is 129 Å². The maximum atomic E-state index is 11.4. The monoisotopic (exact) mass is 299 g/mol. The molecule has 0 amide bonds. The molecule has 124 valence electrons. The zero-order valence-electron chi connectivity index (χ0n) is 13.8. The zero-order valence-corrected chi connectivity index (χ0v) is 13.8. The third-order valence-electron chi connectivity index (χ3n) is 4.18. The summed E-state index contributed by atoms with van der Waals surface area (Å²) < 4.78 is 5.62. The van der Waals surface area contributed by atoms with Crippen molar-refractivity contribution in [2.75, 3.05) is 13.2 Å². The quantitative estimate of drug-likeness (QED) is 0.480. The number of rotatable bonds is 14. The first-order valence-corrected chi connectivity index (χ1v) is 8.67. The maximum absolute atomic E-state index is 11.4. The largest absolute Gasteiger partial charge is 0.480 e. The molecular formula is C17H33NO3. The van der Waals surface area contributed by atoms with Crippen LogP contribution in [0, 0.1) is 0 Å². The molecule has 0 bridgehead atoms. The molecule has 0 saturated heterocycles. The topological polar surface area (TPSA) is 58.6 Å². The minimum absolute atomic E-state index is 0.412. The molecule has 1 fully saturated rings. The van der Waals surface area contributed by atoms with Crippen molar-refractivity contribution in [2.45, 2.75) is 89.6 Å². The molecule has 21 heavy (non-hydrogen) atoms. The van der Waals surface area contributed by atoms with E-state index in [9.17, 15) is 9.90 Å². The molecule has 1 atom stereocenters. The van der Waals surface area contributed by atoms with Crippen LogP contribution >= 0.6 is 0 Å². The van der Waals surface area contributed by atoms with Crippen LogP contribution in [0.5, 0.6) is 0 Å². The number of carboxylic acids is 1. The second kappa shape index (κ2) is 10.2. The molecule has 2 N–H and O–H groups in total. The number of carbonyl (C=O) groups is 1. The van der Waals surface area contributed by atoms with Crippen molar-refractivity contribution in [1.29, 1.82) is 0 Å². The molecule has 0 aromatic heterocycles. The summed E-state index contributed by atoms with van der Waals surface area (Å²) in [6, 6.07) is 0.412. The third-order valence-corrected chi connectivity index (χ3v) is 4.18. The van der Waals surface area contributed by atoms with E-state index in [1.54, 1.807) is 6.92 Å². The van der Waals surface area contributed by atoms with E-state index >= 15 is 0 Å². The molecular weight excluding hydrogens is 266 g/mol. The van der Waals surface area contributed by atoms with Gasteiger partial charge in [0.05, 0.1) is 0 Å². The third kappa shape index (κ3) is 8.42. The van der Waals surface area contributed by atoms with Gasteiger partial charge in [-0.2, -0.15) is 0 Å². The van der Waals surface area contributed by atoms with E-state index in [2.05, 4.69) is 12.2 Å². The minimum atomic E-state index is -0.787. The second-order valence-electron chi connectivity index (χ2n) is 6.54. The summed E-state index contributed by atoms with van der Waals surface area (Å²) in [5.41, 5.74) is -0.787. The van der Waals surface area contributed by atoms with E-state index in [4.69, 9.17) is 4.74 Å². The first-order chi connectivity index (χ1) is 10.1. The highest BCUT2D eigenvalue weighted by Gasteiger charge is 2.37. The lowest BCUT2D eigenvalue weighted by molar-refractivity contribution is -0.144. The Balaban J connectivity index is 1.97. The van der Waals surface area contributed by atoms with Crippen LogP contribution in [0.15, 0.2) is 0 Å². The van der Waals surface area contributed by atoms with Gasteiger partial charge in [-0.25, -0.2) is 0 Å². The van der Waals surface area contributed by atoms with E-state index in [0.29, 0.717) is 19.1 Å². The van der Waals surface area contributed by atoms with Crippen LogP contribution in [0.25, 0.3) is 0 Å². The van der Waals surface area contributed by atoms with Crippen molar-refractivity contribution in [2.24, 2.45) is 0 Å². The molecule has 0 aromatic carbocycles. The highest BCUT2D eigenvalue weighted by atomic mass is 16.5. The van der Waals surface area contributed by atoms with Crippen LogP contribution in [0.3, 0.4) is 0 Å². The molecule has 1 unspecified atom stereocenters. The van der Waals surface area contributed by atoms with E-state index in [0.717, 1.165) is 32.3 Å². The number of hydrogen-bond acceptors (Lipinski definition) is 3. The van der Waals surface area contributed by atoms with Gasteiger partial charge in [-0.15, -0.1) is 0 Å². The molecule has 0 aliphatic heterocycles. The van der Waals surface area contributed by atoms with Gasteiger partial charge in [-0.05, 0) is 39.0 Å². The highest BCUT2D eigenvalue weighted by molar-refractivity contribution is 5.78. The fourth-order valence-electron chi connectivity index (χ4n) is 2.53. The molecule has 0 heterocycles. The van der Waals surface area contributed by atoms with Crippen LogP contribution in [0.2, 0.25) is 0 Å². The molecule has 4 nitrogen and oxygen atoms in total. The van der Waals surface area contributed by atoms with Gasteiger partial charge in [0, 0.05) is 19.3 Å². The van der Waals surface area contributed by atoms with E-state index in [1.165, 1.54) is 32.1 Å². The zero-order chi connectivity index (χ0) is 15.6. The lowest BCUT2D eigenvalue weighted by Crippen LogP contribution is -2.50. The smallest absolute Gasteiger partial charge is 0.323 e. The van der Waals surface area contributed by atoms with Crippen LogP contribution in [0.1, 0.15) is 78.1 Å². The lowest BCUT2D eigenvalue weighted by Gasteiger charge is -2.26. The summed E-state index contributed by atoms with van der Waals surface area (Å²) in [5, 5.41) is 12.6. The Morgan fingerprint density at radius 2 is 1.76 bits per heavy atom. The maximum Gasteiger partial charge on any atom is 0.323 e. The number of hydrogen-bond donors (Lipinski definition) is 2. The summed E-state index contributed by atoms with van der Waals surface area (Å²) in [4.78, 5) is 11.4.